The highest BCUT2D eigenvalue weighted by atomic mass is 32.2. The van der Waals surface area contributed by atoms with Gasteiger partial charge in [-0.2, -0.15) is 0 Å². The Kier molecular flexibility index (Phi) is 6.94. The van der Waals surface area contributed by atoms with Crippen LogP contribution in [0.2, 0.25) is 0 Å². The Morgan fingerprint density at radius 2 is 1.81 bits per heavy atom. The van der Waals surface area contributed by atoms with Gasteiger partial charge in [0, 0.05) is 30.2 Å². The van der Waals surface area contributed by atoms with Gasteiger partial charge in [-0.1, -0.05) is 30.3 Å². The number of morpholine rings is 1. The first kappa shape index (κ1) is 18.8. The SMILES string of the molecule is O=C(CSCC(O)c1ccccc1)Nc1ccc(N2CCOCC2)cc1. The molecule has 6 heteroatoms. The van der Waals surface area contributed by atoms with Crippen molar-refractivity contribution in [3.05, 3.63) is 60.2 Å². The first-order chi connectivity index (χ1) is 12.7. The van der Waals surface area contributed by atoms with Gasteiger partial charge in [0.1, 0.15) is 0 Å². The average molecular weight is 372 g/mol. The number of thioether (sulfide) groups is 1. The maximum absolute atomic E-state index is 12.1. The molecule has 0 bridgehead atoms. The third-order valence-electron chi connectivity index (χ3n) is 4.22. The second kappa shape index (κ2) is 9.62. The molecule has 1 fully saturated rings. The Morgan fingerprint density at radius 1 is 1.12 bits per heavy atom. The summed E-state index contributed by atoms with van der Waals surface area (Å²) in [7, 11) is 0. The molecule has 1 heterocycles. The number of aliphatic hydroxyl groups is 1. The number of amides is 1. The monoisotopic (exact) mass is 372 g/mol. The van der Waals surface area contributed by atoms with E-state index in [-0.39, 0.29) is 5.91 Å². The smallest absolute Gasteiger partial charge is 0.234 e. The molecule has 2 N–H and O–H groups in total. The van der Waals surface area contributed by atoms with Gasteiger partial charge in [0.05, 0.1) is 25.1 Å². The zero-order valence-corrected chi connectivity index (χ0v) is 15.5. The summed E-state index contributed by atoms with van der Waals surface area (Å²) in [5, 5.41) is 13.0. The van der Waals surface area contributed by atoms with Gasteiger partial charge in [-0.15, -0.1) is 11.8 Å². The zero-order valence-electron chi connectivity index (χ0n) is 14.6. The van der Waals surface area contributed by atoms with Crippen LogP contribution in [0.4, 0.5) is 11.4 Å². The van der Waals surface area contributed by atoms with Crippen molar-refractivity contribution < 1.29 is 14.6 Å². The van der Waals surface area contributed by atoms with Crippen molar-refractivity contribution in [2.45, 2.75) is 6.10 Å². The van der Waals surface area contributed by atoms with Gasteiger partial charge < -0.3 is 20.1 Å². The summed E-state index contributed by atoms with van der Waals surface area (Å²) in [5.74, 6) is 0.747. The van der Waals surface area contributed by atoms with Crippen molar-refractivity contribution in [3.8, 4) is 0 Å². The molecule has 1 saturated heterocycles. The molecule has 0 aliphatic carbocycles. The van der Waals surface area contributed by atoms with Crippen LogP contribution in [0.5, 0.6) is 0 Å². The quantitative estimate of drug-likeness (QED) is 0.783. The fraction of sp³-hybridized carbons (Fsp3) is 0.350. The van der Waals surface area contributed by atoms with Crippen LogP contribution in [-0.2, 0) is 9.53 Å². The normalized spacial score (nSPS) is 15.5. The number of carbonyl (C=O) groups is 1. The number of hydrogen-bond acceptors (Lipinski definition) is 5. The molecule has 138 valence electrons. The molecule has 0 saturated carbocycles. The van der Waals surface area contributed by atoms with Crippen LogP contribution in [0.3, 0.4) is 0 Å². The lowest BCUT2D eigenvalue weighted by molar-refractivity contribution is -0.113. The summed E-state index contributed by atoms with van der Waals surface area (Å²) >= 11 is 1.43. The van der Waals surface area contributed by atoms with Crippen LogP contribution in [0, 0.1) is 0 Å². The lowest BCUT2D eigenvalue weighted by Gasteiger charge is -2.28. The largest absolute Gasteiger partial charge is 0.388 e. The second-order valence-corrected chi connectivity index (χ2v) is 7.17. The highest BCUT2D eigenvalue weighted by molar-refractivity contribution is 7.99. The summed E-state index contributed by atoms with van der Waals surface area (Å²) < 4.78 is 5.36. The zero-order chi connectivity index (χ0) is 18.2. The maximum atomic E-state index is 12.1. The predicted octanol–water partition coefficient (Wildman–Crippen LogP) is 2.93. The topological polar surface area (TPSA) is 61.8 Å². The molecule has 1 atom stereocenters. The third kappa shape index (κ3) is 5.49. The van der Waals surface area contributed by atoms with Gasteiger partial charge in [-0.05, 0) is 29.8 Å². The van der Waals surface area contributed by atoms with Gasteiger partial charge in [-0.25, -0.2) is 0 Å². The van der Waals surface area contributed by atoms with E-state index in [0.29, 0.717) is 11.5 Å². The van der Waals surface area contributed by atoms with Crippen LogP contribution in [0.25, 0.3) is 0 Å². The van der Waals surface area contributed by atoms with E-state index in [1.54, 1.807) is 0 Å². The lowest BCUT2D eigenvalue weighted by atomic mass is 10.1. The molecule has 0 aromatic heterocycles. The van der Waals surface area contributed by atoms with Crippen molar-refractivity contribution in [2.75, 3.05) is 48.0 Å². The van der Waals surface area contributed by atoms with E-state index in [2.05, 4.69) is 10.2 Å². The van der Waals surface area contributed by atoms with E-state index in [1.807, 2.05) is 54.6 Å². The van der Waals surface area contributed by atoms with Crippen molar-refractivity contribution in [1.82, 2.24) is 0 Å². The van der Waals surface area contributed by atoms with Gasteiger partial charge in [0.15, 0.2) is 0 Å². The van der Waals surface area contributed by atoms with E-state index in [0.717, 1.165) is 43.2 Å². The van der Waals surface area contributed by atoms with Gasteiger partial charge in [-0.3, -0.25) is 4.79 Å². The maximum Gasteiger partial charge on any atom is 0.234 e. The minimum atomic E-state index is -0.554. The van der Waals surface area contributed by atoms with Crippen molar-refractivity contribution in [2.24, 2.45) is 0 Å². The molecule has 1 aliphatic rings. The Bertz CT molecular complexity index is 688. The van der Waals surface area contributed by atoms with Gasteiger partial charge in [0.2, 0.25) is 5.91 Å². The molecule has 3 rings (SSSR count). The Labute approximate surface area is 158 Å². The summed E-state index contributed by atoms with van der Waals surface area (Å²) in [6, 6.07) is 17.4. The molecular formula is C20H24N2O3S. The number of rotatable bonds is 7. The molecule has 1 aliphatic heterocycles. The third-order valence-corrected chi connectivity index (χ3v) is 5.24. The summed E-state index contributed by atoms with van der Waals surface area (Å²) in [6.45, 7) is 3.30. The van der Waals surface area contributed by atoms with Crippen molar-refractivity contribution in [1.29, 1.82) is 0 Å². The van der Waals surface area contributed by atoms with Crippen LogP contribution in [-0.4, -0.2) is 48.8 Å². The minimum Gasteiger partial charge on any atom is -0.388 e. The minimum absolute atomic E-state index is 0.0608. The molecule has 26 heavy (non-hydrogen) atoms. The highest BCUT2D eigenvalue weighted by Gasteiger charge is 2.12. The van der Waals surface area contributed by atoms with E-state index in [9.17, 15) is 9.90 Å². The number of aliphatic hydroxyl groups excluding tert-OH is 1. The number of carbonyl (C=O) groups excluding carboxylic acids is 1. The first-order valence-electron chi connectivity index (χ1n) is 8.76. The van der Waals surface area contributed by atoms with E-state index in [4.69, 9.17) is 4.74 Å². The molecule has 5 nitrogen and oxygen atoms in total. The second-order valence-electron chi connectivity index (χ2n) is 6.14. The molecule has 1 amide bonds. The Hall–Kier alpha value is -2.02. The van der Waals surface area contributed by atoms with Crippen molar-refractivity contribution in [3.63, 3.8) is 0 Å². The van der Waals surface area contributed by atoms with E-state index in [1.165, 1.54) is 11.8 Å². The lowest BCUT2D eigenvalue weighted by Crippen LogP contribution is -2.36. The Morgan fingerprint density at radius 3 is 2.50 bits per heavy atom. The fourth-order valence-corrected chi connectivity index (χ4v) is 3.60. The van der Waals surface area contributed by atoms with Crippen LogP contribution >= 0.6 is 11.8 Å². The number of nitrogens with one attached hydrogen (secondary N) is 1. The number of anilines is 2. The molecule has 0 spiro atoms. The summed E-state index contributed by atoms with van der Waals surface area (Å²) in [5.41, 5.74) is 2.81. The van der Waals surface area contributed by atoms with E-state index >= 15 is 0 Å². The summed E-state index contributed by atoms with van der Waals surface area (Å²) in [4.78, 5) is 14.4. The standard InChI is InChI=1S/C20H24N2O3S/c23-19(16-4-2-1-3-5-16)14-26-15-20(24)21-17-6-8-18(9-7-17)22-10-12-25-13-11-22/h1-9,19,23H,10-15H2,(H,21,24). The first-order valence-corrected chi connectivity index (χ1v) is 9.91. The summed E-state index contributed by atoms with van der Waals surface area (Å²) in [6.07, 6.45) is -0.554. The molecule has 2 aromatic rings. The molecule has 0 radical (unpaired) electrons. The van der Waals surface area contributed by atoms with Crippen LogP contribution in [0.15, 0.2) is 54.6 Å². The Balaban J connectivity index is 1.41. The number of ether oxygens (including phenoxy) is 1. The molecule has 1 unspecified atom stereocenters. The average Bonchev–Trinajstić information content (AvgIpc) is 2.70. The van der Waals surface area contributed by atoms with E-state index < -0.39 is 6.10 Å². The highest BCUT2D eigenvalue weighted by Crippen LogP contribution is 2.20. The van der Waals surface area contributed by atoms with Gasteiger partial charge in [0.25, 0.3) is 0 Å². The van der Waals surface area contributed by atoms with Crippen LogP contribution < -0.4 is 10.2 Å². The fourth-order valence-electron chi connectivity index (χ4n) is 2.81. The predicted molar refractivity (Wildman–Crippen MR) is 107 cm³/mol. The number of hydrogen-bond donors (Lipinski definition) is 2. The molecular weight excluding hydrogens is 348 g/mol. The van der Waals surface area contributed by atoms with Crippen molar-refractivity contribution >= 4 is 29.0 Å². The number of nitrogens with zero attached hydrogens (tertiary/aromatic N) is 1. The number of benzene rings is 2. The molecule has 2 aromatic carbocycles. The van der Waals surface area contributed by atoms with Gasteiger partial charge >= 0.3 is 0 Å². The van der Waals surface area contributed by atoms with Crippen LogP contribution in [0.1, 0.15) is 11.7 Å².